The number of carbonyl (C=O) groups is 3. The Morgan fingerprint density at radius 1 is 1.13 bits per heavy atom. The van der Waals surface area contributed by atoms with E-state index in [9.17, 15) is 24.5 Å². The molecule has 0 aliphatic heterocycles. The van der Waals surface area contributed by atoms with Gasteiger partial charge in [0.25, 0.3) is 17.5 Å². The number of nitrogens with one attached hydrogen (secondary N) is 2. The molecular formula is C20H20ClN3O6. The van der Waals surface area contributed by atoms with Gasteiger partial charge < -0.3 is 15.4 Å². The molecule has 0 heterocycles. The number of halogens is 1. The number of para-hydroxylation sites is 1. The van der Waals surface area contributed by atoms with Crippen LogP contribution in [0.15, 0.2) is 42.5 Å². The minimum atomic E-state index is -1.07. The minimum Gasteiger partial charge on any atom is -0.452 e. The molecule has 2 aromatic carbocycles. The summed E-state index contributed by atoms with van der Waals surface area (Å²) in [5.74, 6) is -1.88. The number of rotatable bonds is 8. The van der Waals surface area contributed by atoms with Gasteiger partial charge >= 0.3 is 5.97 Å². The molecule has 30 heavy (non-hydrogen) atoms. The number of esters is 1. The first-order valence-corrected chi connectivity index (χ1v) is 9.35. The van der Waals surface area contributed by atoms with Crippen molar-refractivity contribution in [3.63, 3.8) is 0 Å². The van der Waals surface area contributed by atoms with Crippen molar-refractivity contribution in [2.45, 2.75) is 13.8 Å². The first-order valence-electron chi connectivity index (χ1n) is 8.97. The molecule has 0 fully saturated rings. The highest BCUT2D eigenvalue weighted by atomic mass is 35.5. The number of nitro benzene ring substituents is 1. The van der Waals surface area contributed by atoms with Gasteiger partial charge in [-0.15, -0.1) is 0 Å². The van der Waals surface area contributed by atoms with Gasteiger partial charge in [-0.1, -0.05) is 37.6 Å². The van der Waals surface area contributed by atoms with E-state index >= 15 is 0 Å². The lowest BCUT2D eigenvalue weighted by atomic mass is 10.1. The molecule has 10 heteroatoms. The Hall–Kier alpha value is -3.46. The van der Waals surface area contributed by atoms with Crippen LogP contribution in [0.3, 0.4) is 0 Å². The lowest BCUT2D eigenvalue weighted by Crippen LogP contribution is -2.29. The topological polar surface area (TPSA) is 128 Å². The van der Waals surface area contributed by atoms with Crippen LogP contribution in [0.1, 0.15) is 34.6 Å². The van der Waals surface area contributed by atoms with Crippen molar-refractivity contribution in [2.24, 2.45) is 5.92 Å². The molecule has 2 rings (SSSR count). The fraction of sp³-hybridized carbons (Fsp3) is 0.250. The molecule has 158 valence electrons. The van der Waals surface area contributed by atoms with Crippen molar-refractivity contribution in [3.8, 4) is 0 Å². The fourth-order valence-corrected chi connectivity index (χ4v) is 2.58. The Labute approximate surface area is 177 Å². The zero-order chi connectivity index (χ0) is 22.3. The maximum Gasteiger partial charge on any atom is 0.345 e. The van der Waals surface area contributed by atoms with Crippen LogP contribution in [0.4, 0.5) is 11.4 Å². The van der Waals surface area contributed by atoms with E-state index in [4.69, 9.17) is 16.3 Å². The molecule has 0 aliphatic rings. The molecule has 0 unspecified atom stereocenters. The van der Waals surface area contributed by atoms with E-state index < -0.39 is 29.1 Å². The average molecular weight is 434 g/mol. The van der Waals surface area contributed by atoms with Crippen LogP contribution in [0, 0.1) is 16.0 Å². The number of carbonyl (C=O) groups excluding carboxylic acids is 3. The number of nitrogens with zero attached hydrogens (tertiary/aromatic N) is 1. The maximum atomic E-state index is 12.3. The molecule has 0 atom stereocenters. The molecule has 0 spiro atoms. The van der Waals surface area contributed by atoms with Gasteiger partial charge in [0, 0.05) is 17.6 Å². The summed E-state index contributed by atoms with van der Waals surface area (Å²) in [5, 5.41) is 16.4. The van der Waals surface area contributed by atoms with Crippen LogP contribution in [-0.2, 0) is 9.53 Å². The Bertz CT molecular complexity index is 977. The first kappa shape index (κ1) is 22.8. The third kappa shape index (κ3) is 6.28. The summed E-state index contributed by atoms with van der Waals surface area (Å²) >= 11 is 5.78. The second-order valence-corrected chi connectivity index (χ2v) is 7.13. The summed E-state index contributed by atoms with van der Waals surface area (Å²) in [6, 6.07) is 9.80. The number of amides is 2. The van der Waals surface area contributed by atoms with Crippen molar-refractivity contribution < 1.29 is 24.0 Å². The lowest BCUT2D eigenvalue weighted by molar-refractivity contribution is -0.385. The zero-order valence-electron chi connectivity index (χ0n) is 16.3. The van der Waals surface area contributed by atoms with Crippen LogP contribution in [-0.4, -0.2) is 35.9 Å². The summed E-state index contributed by atoms with van der Waals surface area (Å²) in [5.41, 5.74) is -0.359. The minimum absolute atomic E-state index is 0.110. The van der Waals surface area contributed by atoms with Gasteiger partial charge in [0.1, 0.15) is 5.56 Å². The SMILES string of the molecule is CC(C)CNC(=O)c1ccccc1NC(=O)COC(=O)c1cc(Cl)ccc1[N+](=O)[O-]. The number of benzene rings is 2. The highest BCUT2D eigenvalue weighted by Crippen LogP contribution is 2.23. The third-order valence-corrected chi connectivity index (χ3v) is 4.06. The van der Waals surface area contributed by atoms with E-state index in [2.05, 4.69) is 10.6 Å². The van der Waals surface area contributed by atoms with Crippen molar-refractivity contribution >= 4 is 40.8 Å². The van der Waals surface area contributed by atoms with Crippen LogP contribution in [0.2, 0.25) is 5.02 Å². The van der Waals surface area contributed by atoms with Gasteiger partial charge in [-0.3, -0.25) is 19.7 Å². The van der Waals surface area contributed by atoms with Gasteiger partial charge in [-0.2, -0.15) is 0 Å². The molecule has 0 aliphatic carbocycles. The highest BCUT2D eigenvalue weighted by Gasteiger charge is 2.23. The summed E-state index contributed by atoms with van der Waals surface area (Å²) in [4.78, 5) is 47.0. The summed E-state index contributed by atoms with van der Waals surface area (Å²) < 4.78 is 4.87. The average Bonchev–Trinajstić information content (AvgIpc) is 2.70. The van der Waals surface area contributed by atoms with Gasteiger partial charge in [-0.05, 0) is 30.2 Å². The van der Waals surface area contributed by atoms with Gasteiger partial charge in [-0.25, -0.2) is 4.79 Å². The van der Waals surface area contributed by atoms with E-state index in [0.717, 1.165) is 12.1 Å². The Morgan fingerprint density at radius 2 is 1.83 bits per heavy atom. The predicted molar refractivity (Wildman–Crippen MR) is 111 cm³/mol. The normalized spacial score (nSPS) is 10.4. The quantitative estimate of drug-likeness (QED) is 0.373. The molecule has 9 nitrogen and oxygen atoms in total. The number of hydrogen-bond acceptors (Lipinski definition) is 6. The fourth-order valence-electron chi connectivity index (χ4n) is 2.41. The molecule has 0 bridgehead atoms. The summed E-state index contributed by atoms with van der Waals surface area (Å²) in [7, 11) is 0. The van der Waals surface area contributed by atoms with E-state index in [0.29, 0.717) is 6.54 Å². The Morgan fingerprint density at radius 3 is 2.50 bits per heavy atom. The van der Waals surface area contributed by atoms with E-state index in [-0.39, 0.29) is 33.7 Å². The van der Waals surface area contributed by atoms with Gasteiger partial charge in [0.05, 0.1) is 16.2 Å². The molecule has 0 saturated carbocycles. The molecule has 0 saturated heterocycles. The number of hydrogen-bond donors (Lipinski definition) is 2. The highest BCUT2D eigenvalue weighted by molar-refractivity contribution is 6.31. The molecular weight excluding hydrogens is 414 g/mol. The van der Waals surface area contributed by atoms with Crippen LogP contribution >= 0.6 is 11.6 Å². The van der Waals surface area contributed by atoms with Crippen molar-refractivity contribution in [3.05, 3.63) is 68.7 Å². The van der Waals surface area contributed by atoms with Crippen molar-refractivity contribution in [1.82, 2.24) is 5.32 Å². The Kier molecular flexibility index (Phi) is 7.88. The Balaban J connectivity index is 2.04. The molecule has 2 aromatic rings. The second kappa shape index (κ2) is 10.4. The first-order chi connectivity index (χ1) is 14.2. The smallest absolute Gasteiger partial charge is 0.345 e. The standard InChI is InChI=1S/C20H20ClN3O6/c1-12(2)10-22-19(26)14-5-3-4-6-16(14)23-18(25)11-30-20(27)15-9-13(21)7-8-17(15)24(28)29/h3-9,12H,10-11H2,1-2H3,(H,22,26)(H,23,25). The van der Waals surface area contributed by atoms with E-state index in [1.165, 1.54) is 12.1 Å². The molecule has 0 aromatic heterocycles. The van der Waals surface area contributed by atoms with Crippen molar-refractivity contribution in [1.29, 1.82) is 0 Å². The summed E-state index contributed by atoms with van der Waals surface area (Å²) in [6.45, 7) is 3.67. The van der Waals surface area contributed by atoms with Crippen LogP contribution in [0.25, 0.3) is 0 Å². The van der Waals surface area contributed by atoms with Crippen molar-refractivity contribution in [2.75, 3.05) is 18.5 Å². The number of ether oxygens (including phenoxy) is 1. The van der Waals surface area contributed by atoms with E-state index in [1.807, 2.05) is 13.8 Å². The summed E-state index contributed by atoms with van der Waals surface area (Å²) in [6.07, 6.45) is 0. The molecule has 0 radical (unpaired) electrons. The van der Waals surface area contributed by atoms with E-state index in [1.54, 1.807) is 18.2 Å². The predicted octanol–water partition coefficient (Wildman–Crippen LogP) is 3.43. The second-order valence-electron chi connectivity index (χ2n) is 6.69. The van der Waals surface area contributed by atoms with Crippen LogP contribution in [0.5, 0.6) is 0 Å². The number of nitro groups is 1. The monoisotopic (exact) mass is 433 g/mol. The molecule has 2 N–H and O–H groups in total. The van der Waals surface area contributed by atoms with Crippen LogP contribution < -0.4 is 10.6 Å². The molecule has 2 amide bonds. The van der Waals surface area contributed by atoms with Gasteiger partial charge in [0.2, 0.25) is 0 Å². The van der Waals surface area contributed by atoms with Gasteiger partial charge in [0.15, 0.2) is 6.61 Å². The lowest BCUT2D eigenvalue weighted by Gasteiger charge is -2.12. The number of anilines is 1. The largest absolute Gasteiger partial charge is 0.452 e. The third-order valence-electron chi connectivity index (χ3n) is 3.83. The maximum absolute atomic E-state index is 12.3. The zero-order valence-corrected chi connectivity index (χ0v) is 17.1.